The Morgan fingerprint density at radius 3 is 2.84 bits per heavy atom. The van der Waals surface area contributed by atoms with Crippen molar-refractivity contribution in [1.82, 2.24) is 20.1 Å². The van der Waals surface area contributed by atoms with E-state index in [4.69, 9.17) is 4.74 Å². The maximum absolute atomic E-state index is 12.1. The van der Waals surface area contributed by atoms with Crippen LogP contribution in [0.1, 0.15) is 18.3 Å². The molecule has 134 valence electrons. The number of benzene rings is 1. The number of rotatable bonds is 10. The molecular formula is C18H24N4O2S. The second-order valence-electron chi connectivity index (χ2n) is 5.50. The number of amides is 1. The molecule has 0 fully saturated rings. The van der Waals surface area contributed by atoms with Crippen molar-refractivity contribution in [1.29, 1.82) is 0 Å². The molecule has 0 saturated carbocycles. The Bertz CT molecular complexity index is 688. The van der Waals surface area contributed by atoms with E-state index in [0.717, 1.165) is 11.0 Å². The number of nitrogens with one attached hydrogen (secondary N) is 1. The molecule has 2 rings (SSSR count). The first-order chi connectivity index (χ1) is 12.2. The summed E-state index contributed by atoms with van der Waals surface area (Å²) < 4.78 is 7.23. The van der Waals surface area contributed by atoms with Crippen molar-refractivity contribution in [2.75, 3.05) is 20.3 Å². The summed E-state index contributed by atoms with van der Waals surface area (Å²) in [5, 5.41) is 11.9. The zero-order valence-corrected chi connectivity index (χ0v) is 15.5. The number of nitrogens with zero attached hydrogens (tertiary/aromatic N) is 3. The summed E-state index contributed by atoms with van der Waals surface area (Å²) in [4.78, 5) is 12.1. The molecule has 0 aliphatic carbocycles. The minimum absolute atomic E-state index is 0.0456. The molecule has 25 heavy (non-hydrogen) atoms. The van der Waals surface area contributed by atoms with Gasteiger partial charge < -0.3 is 14.6 Å². The van der Waals surface area contributed by atoms with Gasteiger partial charge in [0.25, 0.3) is 0 Å². The molecule has 1 aromatic carbocycles. The van der Waals surface area contributed by atoms with Crippen LogP contribution in [0.15, 0.2) is 48.1 Å². The minimum Gasteiger partial charge on any atom is -0.383 e. The van der Waals surface area contributed by atoms with Crippen molar-refractivity contribution in [2.24, 2.45) is 0 Å². The van der Waals surface area contributed by atoms with Gasteiger partial charge in [-0.15, -0.1) is 16.8 Å². The summed E-state index contributed by atoms with van der Waals surface area (Å²) in [5.74, 6) is 0.820. The second kappa shape index (κ2) is 10.0. The molecule has 2 aromatic rings. The lowest BCUT2D eigenvalue weighted by Gasteiger charge is -2.13. The first-order valence-corrected chi connectivity index (χ1v) is 9.04. The highest BCUT2D eigenvalue weighted by Crippen LogP contribution is 2.23. The van der Waals surface area contributed by atoms with Crippen LogP contribution < -0.4 is 5.32 Å². The van der Waals surface area contributed by atoms with E-state index in [-0.39, 0.29) is 11.2 Å². The van der Waals surface area contributed by atoms with Crippen LogP contribution in [0.25, 0.3) is 0 Å². The van der Waals surface area contributed by atoms with Crippen LogP contribution in [0.4, 0.5) is 0 Å². The van der Waals surface area contributed by atoms with Gasteiger partial charge >= 0.3 is 0 Å². The Labute approximate surface area is 152 Å². The van der Waals surface area contributed by atoms with E-state index in [9.17, 15) is 4.79 Å². The molecule has 0 bridgehead atoms. The summed E-state index contributed by atoms with van der Waals surface area (Å²) in [6.45, 7) is 7.13. The van der Waals surface area contributed by atoms with Gasteiger partial charge in [0.1, 0.15) is 5.82 Å². The Hall–Kier alpha value is -2.12. The highest BCUT2D eigenvalue weighted by atomic mass is 32.2. The predicted molar refractivity (Wildman–Crippen MR) is 99.7 cm³/mol. The highest BCUT2D eigenvalue weighted by Gasteiger charge is 2.19. The topological polar surface area (TPSA) is 69.0 Å². The zero-order valence-electron chi connectivity index (χ0n) is 14.6. The number of carbonyl (C=O) groups excluding carboxylic acids is 1. The van der Waals surface area contributed by atoms with Gasteiger partial charge in [0.2, 0.25) is 5.91 Å². The standard InChI is InChI=1S/C18H24N4O2S/c1-4-10-19-17(23)14(2)25-18-21-20-16(22(18)11-12-24-3)13-15-8-6-5-7-9-15/h4-9,14H,1,10-13H2,2-3H3,(H,19,23)/t14-/m1/s1. The Balaban J connectivity index is 2.14. The second-order valence-corrected chi connectivity index (χ2v) is 6.81. The van der Waals surface area contributed by atoms with Gasteiger partial charge in [-0.1, -0.05) is 48.2 Å². The third-order valence-corrected chi connectivity index (χ3v) is 4.67. The molecule has 0 saturated heterocycles. The predicted octanol–water partition coefficient (Wildman–Crippen LogP) is 2.30. The van der Waals surface area contributed by atoms with E-state index < -0.39 is 0 Å². The molecule has 0 spiro atoms. The van der Waals surface area contributed by atoms with Gasteiger partial charge in [-0.3, -0.25) is 4.79 Å². The average molecular weight is 360 g/mol. The number of thioether (sulfide) groups is 1. The fourth-order valence-corrected chi connectivity index (χ4v) is 3.17. The molecule has 0 aliphatic rings. The minimum atomic E-state index is -0.268. The lowest BCUT2D eigenvalue weighted by Crippen LogP contribution is -2.31. The lowest BCUT2D eigenvalue weighted by atomic mass is 10.1. The molecule has 1 N–H and O–H groups in total. The summed E-state index contributed by atoms with van der Waals surface area (Å²) in [7, 11) is 1.67. The number of carbonyl (C=O) groups is 1. The smallest absolute Gasteiger partial charge is 0.233 e. The van der Waals surface area contributed by atoms with Crippen molar-refractivity contribution in [2.45, 2.75) is 30.3 Å². The van der Waals surface area contributed by atoms with E-state index >= 15 is 0 Å². The maximum atomic E-state index is 12.1. The van der Waals surface area contributed by atoms with Gasteiger partial charge in [0.05, 0.1) is 11.9 Å². The maximum Gasteiger partial charge on any atom is 0.233 e. The number of hydrogen-bond acceptors (Lipinski definition) is 5. The van der Waals surface area contributed by atoms with Gasteiger partial charge in [-0.2, -0.15) is 0 Å². The zero-order chi connectivity index (χ0) is 18.1. The van der Waals surface area contributed by atoms with Crippen molar-refractivity contribution in [3.8, 4) is 0 Å². The fraction of sp³-hybridized carbons (Fsp3) is 0.389. The van der Waals surface area contributed by atoms with Crippen LogP contribution in [0.3, 0.4) is 0 Å². The molecule has 0 radical (unpaired) electrons. The first-order valence-electron chi connectivity index (χ1n) is 8.16. The van der Waals surface area contributed by atoms with Gasteiger partial charge in [0, 0.05) is 26.6 Å². The van der Waals surface area contributed by atoms with Crippen molar-refractivity contribution in [3.63, 3.8) is 0 Å². The Kier molecular flexibility index (Phi) is 7.69. The lowest BCUT2D eigenvalue weighted by molar-refractivity contribution is -0.120. The third-order valence-electron chi connectivity index (χ3n) is 3.59. The van der Waals surface area contributed by atoms with E-state index in [1.54, 1.807) is 13.2 Å². The molecule has 6 nitrogen and oxygen atoms in total. The fourth-order valence-electron chi connectivity index (χ4n) is 2.25. The molecule has 0 aliphatic heterocycles. The molecule has 7 heteroatoms. The monoisotopic (exact) mass is 360 g/mol. The summed E-state index contributed by atoms with van der Waals surface area (Å²) in [6.07, 6.45) is 2.35. The largest absolute Gasteiger partial charge is 0.383 e. The number of aromatic nitrogens is 3. The molecule has 1 amide bonds. The van der Waals surface area contributed by atoms with E-state index in [1.165, 1.54) is 17.3 Å². The molecular weight excluding hydrogens is 336 g/mol. The van der Waals surface area contributed by atoms with E-state index in [2.05, 4.69) is 34.2 Å². The quantitative estimate of drug-likeness (QED) is 0.520. The number of hydrogen-bond donors (Lipinski definition) is 1. The molecule has 1 heterocycles. The Morgan fingerprint density at radius 1 is 1.40 bits per heavy atom. The van der Waals surface area contributed by atoms with Gasteiger partial charge in [-0.05, 0) is 12.5 Å². The van der Waals surface area contributed by atoms with E-state index in [1.807, 2.05) is 29.7 Å². The third kappa shape index (κ3) is 5.72. The van der Waals surface area contributed by atoms with Crippen LogP contribution in [-0.4, -0.2) is 46.2 Å². The van der Waals surface area contributed by atoms with Crippen molar-refractivity contribution < 1.29 is 9.53 Å². The van der Waals surface area contributed by atoms with Gasteiger partial charge in [-0.25, -0.2) is 0 Å². The normalized spacial score (nSPS) is 11.9. The average Bonchev–Trinajstić information content (AvgIpc) is 2.99. The molecule has 0 unspecified atom stereocenters. The summed E-state index contributed by atoms with van der Waals surface area (Å²) >= 11 is 1.40. The highest BCUT2D eigenvalue weighted by molar-refractivity contribution is 8.00. The number of methoxy groups -OCH3 is 1. The van der Waals surface area contributed by atoms with E-state index in [0.29, 0.717) is 26.1 Å². The van der Waals surface area contributed by atoms with Crippen molar-refractivity contribution in [3.05, 3.63) is 54.4 Å². The van der Waals surface area contributed by atoms with Crippen LogP contribution in [0.2, 0.25) is 0 Å². The van der Waals surface area contributed by atoms with Crippen LogP contribution in [0, 0.1) is 0 Å². The van der Waals surface area contributed by atoms with Gasteiger partial charge in [0.15, 0.2) is 5.16 Å². The molecule has 1 aromatic heterocycles. The Morgan fingerprint density at radius 2 is 2.16 bits per heavy atom. The SMILES string of the molecule is C=CCNC(=O)[C@@H](C)Sc1nnc(Cc2ccccc2)n1CCOC. The molecule has 1 atom stereocenters. The van der Waals surface area contributed by atoms with Crippen molar-refractivity contribution >= 4 is 17.7 Å². The van der Waals surface area contributed by atoms with Crippen LogP contribution in [-0.2, 0) is 22.5 Å². The van der Waals surface area contributed by atoms with Crippen LogP contribution >= 0.6 is 11.8 Å². The summed E-state index contributed by atoms with van der Waals surface area (Å²) in [6, 6.07) is 10.1. The summed E-state index contributed by atoms with van der Waals surface area (Å²) in [5.41, 5.74) is 1.17. The van der Waals surface area contributed by atoms with Crippen LogP contribution in [0.5, 0.6) is 0 Å². The number of ether oxygens (including phenoxy) is 1. The first kappa shape index (κ1) is 19.2.